The average molecular weight is 478 g/mol. The van der Waals surface area contributed by atoms with Crippen molar-refractivity contribution in [3.8, 4) is 17.6 Å². The standard InChI is InChI=1S/C29H19F5O/c1-2-11-35-23-16-26(31)24(27(32)17-23)10-6-19-4-8-20(25(30)13-19)7-3-18-5-9-21-14-28(33)29(34)15-22(21)12-18/h2,4-5,8-9,12-17H,1,6,10-11H2. The van der Waals surface area contributed by atoms with E-state index in [1.165, 1.54) is 18.2 Å². The molecule has 0 radical (unpaired) electrons. The van der Waals surface area contributed by atoms with E-state index < -0.39 is 29.1 Å². The molecular formula is C29H19F5O. The van der Waals surface area contributed by atoms with Gasteiger partial charge in [0.05, 0.1) is 5.56 Å². The molecular weight excluding hydrogens is 459 g/mol. The second-order valence-corrected chi connectivity index (χ2v) is 7.86. The summed E-state index contributed by atoms with van der Waals surface area (Å²) in [6.07, 6.45) is 1.73. The van der Waals surface area contributed by atoms with Crippen LogP contribution in [0.3, 0.4) is 0 Å². The number of halogens is 5. The highest BCUT2D eigenvalue weighted by molar-refractivity contribution is 5.84. The van der Waals surface area contributed by atoms with Crippen LogP contribution in [0.25, 0.3) is 10.8 Å². The first kappa shape index (κ1) is 24.0. The van der Waals surface area contributed by atoms with Gasteiger partial charge in [0.1, 0.15) is 29.8 Å². The molecule has 6 heteroatoms. The first-order valence-corrected chi connectivity index (χ1v) is 10.7. The highest BCUT2D eigenvalue weighted by atomic mass is 19.2. The van der Waals surface area contributed by atoms with Gasteiger partial charge in [0.25, 0.3) is 0 Å². The fourth-order valence-electron chi connectivity index (χ4n) is 3.60. The summed E-state index contributed by atoms with van der Waals surface area (Å²) in [5.41, 5.74) is 1.11. The monoisotopic (exact) mass is 478 g/mol. The summed E-state index contributed by atoms with van der Waals surface area (Å²) in [5, 5.41) is 1.00. The number of hydrogen-bond donors (Lipinski definition) is 0. The van der Waals surface area contributed by atoms with Crippen molar-refractivity contribution in [1.82, 2.24) is 0 Å². The second kappa shape index (κ2) is 10.4. The number of ether oxygens (including phenoxy) is 1. The summed E-state index contributed by atoms with van der Waals surface area (Å²) >= 11 is 0. The third-order valence-corrected chi connectivity index (χ3v) is 5.40. The van der Waals surface area contributed by atoms with E-state index in [0.717, 1.165) is 24.3 Å². The minimum atomic E-state index is -0.957. The van der Waals surface area contributed by atoms with Crippen molar-refractivity contribution in [3.63, 3.8) is 0 Å². The third kappa shape index (κ3) is 5.70. The molecule has 0 aromatic heterocycles. The van der Waals surface area contributed by atoms with E-state index in [4.69, 9.17) is 4.74 Å². The SMILES string of the molecule is C=CCOc1cc(F)c(CCc2ccc(C#Cc3ccc4cc(F)c(F)cc4c3)c(F)c2)c(F)c1. The Balaban J connectivity index is 1.47. The molecule has 0 fully saturated rings. The van der Waals surface area contributed by atoms with Gasteiger partial charge in [-0.1, -0.05) is 36.6 Å². The molecule has 0 atom stereocenters. The minimum absolute atomic E-state index is 0.0398. The minimum Gasteiger partial charge on any atom is -0.489 e. The van der Waals surface area contributed by atoms with E-state index in [1.54, 1.807) is 24.3 Å². The Hall–Kier alpha value is -4.11. The van der Waals surface area contributed by atoms with Crippen LogP contribution < -0.4 is 4.74 Å². The van der Waals surface area contributed by atoms with Gasteiger partial charge in [-0.2, -0.15) is 0 Å². The Kier molecular flexibility index (Phi) is 7.17. The van der Waals surface area contributed by atoms with E-state index in [0.29, 0.717) is 21.9 Å². The number of hydrogen-bond acceptors (Lipinski definition) is 1. The predicted molar refractivity (Wildman–Crippen MR) is 126 cm³/mol. The van der Waals surface area contributed by atoms with Crippen LogP contribution in [-0.4, -0.2) is 6.61 Å². The van der Waals surface area contributed by atoms with Gasteiger partial charge in [-0.25, -0.2) is 22.0 Å². The Morgan fingerprint density at radius 2 is 1.40 bits per heavy atom. The summed E-state index contributed by atoms with van der Waals surface area (Å²) in [6.45, 7) is 3.61. The van der Waals surface area contributed by atoms with Crippen LogP contribution in [0.5, 0.6) is 5.75 Å². The van der Waals surface area contributed by atoms with E-state index in [-0.39, 0.29) is 36.3 Å². The summed E-state index contributed by atoms with van der Waals surface area (Å²) in [4.78, 5) is 0. The van der Waals surface area contributed by atoms with Crippen molar-refractivity contribution in [2.75, 3.05) is 6.61 Å². The largest absolute Gasteiger partial charge is 0.489 e. The molecule has 0 heterocycles. The van der Waals surface area contributed by atoms with Crippen LogP contribution in [0, 0.1) is 40.9 Å². The molecule has 0 bridgehead atoms. The van der Waals surface area contributed by atoms with Gasteiger partial charge < -0.3 is 4.74 Å². The Labute approximate surface area is 199 Å². The highest BCUT2D eigenvalue weighted by Gasteiger charge is 2.13. The molecule has 176 valence electrons. The van der Waals surface area contributed by atoms with Crippen LogP contribution in [-0.2, 0) is 12.8 Å². The summed E-state index contributed by atoms with van der Waals surface area (Å²) < 4.78 is 75.2. The number of fused-ring (bicyclic) bond motifs is 1. The first-order valence-electron chi connectivity index (χ1n) is 10.7. The van der Waals surface area contributed by atoms with Gasteiger partial charge >= 0.3 is 0 Å². The van der Waals surface area contributed by atoms with Crippen LogP contribution in [0.2, 0.25) is 0 Å². The number of benzene rings is 4. The third-order valence-electron chi connectivity index (χ3n) is 5.40. The van der Waals surface area contributed by atoms with Crippen molar-refractivity contribution < 1.29 is 26.7 Å². The normalized spacial score (nSPS) is 10.7. The van der Waals surface area contributed by atoms with E-state index in [9.17, 15) is 22.0 Å². The molecule has 0 unspecified atom stereocenters. The van der Waals surface area contributed by atoms with E-state index in [1.807, 2.05) is 0 Å². The van der Waals surface area contributed by atoms with Gasteiger partial charge in [-0.05, 0) is 65.6 Å². The number of rotatable bonds is 6. The zero-order valence-corrected chi connectivity index (χ0v) is 18.5. The summed E-state index contributed by atoms with van der Waals surface area (Å²) in [5.74, 6) is 1.69. The average Bonchev–Trinajstić information content (AvgIpc) is 2.82. The van der Waals surface area contributed by atoms with Gasteiger partial charge in [0, 0.05) is 23.3 Å². The molecule has 35 heavy (non-hydrogen) atoms. The quantitative estimate of drug-likeness (QED) is 0.161. The molecule has 4 aromatic carbocycles. The molecule has 0 amide bonds. The van der Waals surface area contributed by atoms with Crippen LogP contribution in [0.15, 0.2) is 73.3 Å². The predicted octanol–water partition coefficient (Wildman–Crippen LogP) is 7.29. The van der Waals surface area contributed by atoms with Crippen LogP contribution >= 0.6 is 0 Å². The van der Waals surface area contributed by atoms with Gasteiger partial charge in [0.2, 0.25) is 0 Å². The van der Waals surface area contributed by atoms with Crippen LogP contribution in [0.4, 0.5) is 22.0 Å². The summed E-state index contributed by atoms with van der Waals surface area (Å²) in [6, 6.07) is 13.6. The Morgan fingerprint density at radius 1 is 0.686 bits per heavy atom. The molecule has 4 aromatic rings. The van der Waals surface area contributed by atoms with Crippen molar-refractivity contribution in [1.29, 1.82) is 0 Å². The molecule has 0 N–H and O–H groups in total. The molecule has 0 aliphatic carbocycles. The van der Waals surface area contributed by atoms with Gasteiger partial charge in [0.15, 0.2) is 11.6 Å². The van der Waals surface area contributed by atoms with Gasteiger partial charge in [-0.15, -0.1) is 0 Å². The fourth-order valence-corrected chi connectivity index (χ4v) is 3.60. The molecule has 0 saturated heterocycles. The molecule has 4 rings (SSSR count). The van der Waals surface area contributed by atoms with Crippen molar-refractivity contribution in [2.24, 2.45) is 0 Å². The lowest BCUT2D eigenvalue weighted by molar-refractivity contribution is 0.357. The first-order chi connectivity index (χ1) is 16.8. The smallest absolute Gasteiger partial charge is 0.159 e. The maximum absolute atomic E-state index is 14.6. The topological polar surface area (TPSA) is 9.23 Å². The lowest BCUT2D eigenvalue weighted by atomic mass is 10.0. The van der Waals surface area contributed by atoms with E-state index in [2.05, 4.69) is 18.4 Å². The Morgan fingerprint density at radius 3 is 2.09 bits per heavy atom. The zero-order valence-electron chi connectivity index (χ0n) is 18.5. The van der Waals surface area contributed by atoms with Crippen molar-refractivity contribution >= 4 is 10.8 Å². The Bertz CT molecular complexity index is 1460. The molecule has 0 aliphatic heterocycles. The molecule has 0 saturated carbocycles. The zero-order chi connectivity index (χ0) is 24.9. The van der Waals surface area contributed by atoms with Crippen molar-refractivity contribution in [3.05, 3.63) is 125 Å². The lowest BCUT2D eigenvalue weighted by Gasteiger charge is -2.09. The molecule has 1 nitrogen and oxygen atoms in total. The second-order valence-electron chi connectivity index (χ2n) is 7.86. The maximum Gasteiger partial charge on any atom is 0.159 e. The van der Waals surface area contributed by atoms with E-state index >= 15 is 0 Å². The van der Waals surface area contributed by atoms with Crippen LogP contribution in [0.1, 0.15) is 22.3 Å². The van der Waals surface area contributed by atoms with Crippen molar-refractivity contribution in [2.45, 2.75) is 12.8 Å². The lowest BCUT2D eigenvalue weighted by Crippen LogP contribution is -2.02. The van der Waals surface area contributed by atoms with Gasteiger partial charge in [-0.3, -0.25) is 0 Å². The summed E-state index contributed by atoms with van der Waals surface area (Å²) in [7, 11) is 0. The molecule has 0 spiro atoms. The fraction of sp³-hybridized carbons (Fsp3) is 0.103. The highest BCUT2D eigenvalue weighted by Crippen LogP contribution is 2.23. The number of aryl methyl sites for hydroxylation is 1. The maximum atomic E-state index is 14.6. The molecule has 0 aliphatic rings.